The van der Waals surface area contributed by atoms with Crippen LogP contribution in [-0.2, 0) is 0 Å². The molecule has 20 heavy (non-hydrogen) atoms. The summed E-state index contributed by atoms with van der Waals surface area (Å²) in [7, 11) is 0. The minimum atomic E-state index is -0.510. The van der Waals surface area contributed by atoms with E-state index in [1.807, 2.05) is 6.92 Å². The molecule has 1 aliphatic carbocycles. The van der Waals surface area contributed by atoms with Crippen molar-refractivity contribution in [1.29, 1.82) is 0 Å². The molecule has 0 aromatic heterocycles. The number of benzene rings is 1. The maximum absolute atomic E-state index is 13.4. The first-order chi connectivity index (χ1) is 9.56. The molecule has 1 aromatic rings. The van der Waals surface area contributed by atoms with Gasteiger partial charge >= 0.3 is 0 Å². The van der Waals surface area contributed by atoms with Crippen LogP contribution in [0.2, 0.25) is 0 Å². The second-order valence-electron chi connectivity index (χ2n) is 5.70. The Morgan fingerprint density at radius 1 is 1.25 bits per heavy atom. The average molecular weight is 282 g/mol. The molecule has 3 atom stereocenters. The van der Waals surface area contributed by atoms with Crippen LogP contribution in [0.15, 0.2) is 18.2 Å². The van der Waals surface area contributed by atoms with Crippen molar-refractivity contribution < 1.29 is 8.78 Å². The highest BCUT2D eigenvalue weighted by atomic mass is 19.1. The van der Waals surface area contributed by atoms with E-state index < -0.39 is 11.6 Å². The first-order valence-corrected chi connectivity index (χ1v) is 7.48. The summed E-state index contributed by atoms with van der Waals surface area (Å²) in [5.74, 6) is -0.523. The smallest absolute Gasteiger partial charge is 0.126 e. The fraction of sp³-hybridized carbons (Fsp3) is 0.625. The van der Waals surface area contributed by atoms with E-state index in [1.165, 1.54) is 18.6 Å². The van der Waals surface area contributed by atoms with Crippen molar-refractivity contribution in [1.82, 2.24) is 4.90 Å². The van der Waals surface area contributed by atoms with Crippen molar-refractivity contribution in [2.75, 3.05) is 13.1 Å². The van der Waals surface area contributed by atoms with E-state index in [0.717, 1.165) is 25.5 Å². The van der Waals surface area contributed by atoms with E-state index in [-0.39, 0.29) is 6.04 Å². The van der Waals surface area contributed by atoms with Crippen LogP contribution in [0.5, 0.6) is 0 Å². The Labute approximate surface area is 120 Å². The highest BCUT2D eigenvalue weighted by molar-refractivity contribution is 5.21. The summed E-state index contributed by atoms with van der Waals surface area (Å²) in [6.45, 7) is 5.66. The molecular weight excluding hydrogens is 258 g/mol. The van der Waals surface area contributed by atoms with Crippen LogP contribution in [0, 0.1) is 17.6 Å². The molecule has 0 radical (unpaired) electrons. The summed E-state index contributed by atoms with van der Waals surface area (Å²) in [5, 5.41) is 0. The summed E-state index contributed by atoms with van der Waals surface area (Å²) in [6, 6.07) is 4.21. The maximum atomic E-state index is 13.4. The quantitative estimate of drug-likeness (QED) is 0.896. The average Bonchev–Trinajstić information content (AvgIpc) is 2.86. The van der Waals surface area contributed by atoms with Gasteiger partial charge in [-0.05, 0) is 56.5 Å². The van der Waals surface area contributed by atoms with Crippen molar-refractivity contribution >= 4 is 0 Å². The molecule has 112 valence electrons. The van der Waals surface area contributed by atoms with Gasteiger partial charge in [-0.2, -0.15) is 0 Å². The zero-order valence-corrected chi connectivity index (χ0v) is 12.3. The lowest BCUT2D eigenvalue weighted by Crippen LogP contribution is -2.41. The van der Waals surface area contributed by atoms with Gasteiger partial charge < -0.3 is 5.73 Å². The van der Waals surface area contributed by atoms with Gasteiger partial charge in [-0.1, -0.05) is 13.3 Å². The predicted molar refractivity (Wildman–Crippen MR) is 77.3 cm³/mol. The molecule has 0 aliphatic heterocycles. The Hall–Kier alpha value is -1.00. The number of rotatable bonds is 5. The van der Waals surface area contributed by atoms with Crippen molar-refractivity contribution in [2.45, 2.75) is 45.2 Å². The molecular formula is C16H24F2N2. The van der Waals surface area contributed by atoms with Gasteiger partial charge in [0.25, 0.3) is 0 Å². The summed E-state index contributed by atoms with van der Waals surface area (Å²) < 4.78 is 26.8. The zero-order chi connectivity index (χ0) is 14.7. The van der Waals surface area contributed by atoms with Crippen molar-refractivity contribution in [3.8, 4) is 0 Å². The van der Waals surface area contributed by atoms with Crippen LogP contribution in [-0.4, -0.2) is 24.0 Å². The summed E-state index contributed by atoms with van der Waals surface area (Å²) in [5.41, 5.74) is 6.56. The van der Waals surface area contributed by atoms with Gasteiger partial charge in [0.1, 0.15) is 11.6 Å². The molecule has 0 spiro atoms. The minimum Gasteiger partial charge on any atom is -0.330 e. The Balaban J connectivity index is 2.22. The van der Waals surface area contributed by atoms with Crippen LogP contribution in [0.1, 0.15) is 44.7 Å². The topological polar surface area (TPSA) is 29.3 Å². The van der Waals surface area contributed by atoms with E-state index in [1.54, 1.807) is 0 Å². The Bertz CT molecular complexity index is 430. The molecule has 2 rings (SSSR count). The van der Waals surface area contributed by atoms with E-state index in [0.29, 0.717) is 24.1 Å². The van der Waals surface area contributed by atoms with E-state index in [2.05, 4.69) is 11.8 Å². The normalized spacial score (nSPS) is 24.3. The van der Waals surface area contributed by atoms with Crippen molar-refractivity contribution in [2.24, 2.45) is 11.7 Å². The molecule has 4 heteroatoms. The van der Waals surface area contributed by atoms with E-state index >= 15 is 0 Å². The van der Waals surface area contributed by atoms with Crippen LogP contribution >= 0.6 is 0 Å². The molecule has 1 aromatic carbocycles. The molecule has 3 unspecified atom stereocenters. The maximum Gasteiger partial charge on any atom is 0.126 e. The van der Waals surface area contributed by atoms with E-state index in [4.69, 9.17) is 5.73 Å². The second-order valence-corrected chi connectivity index (χ2v) is 5.70. The highest BCUT2D eigenvalue weighted by Gasteiger charge is 2.33. The van der Waals surface area contributed by atoms with Gasteiger partial charge in [0.2, 0.25) is 0 Å². The van der Waals surface area contributed by atoms with Gasteiger partial charge in [-0.15, -0.1) is 0 Å². The van der Waals surface area contributed by atoms with Crippen LogP contribution in [0.4, 0.5) is 8.78 Å². The molecule has 0 saturated heterocycles. The van der Waals surface area contributed by atoms with E-state index in [9.17, 15) is 8.78 Å². The number of nitrogens with two attached hydrogens (primary N) is 1. The SMILES string of the molecule is CCN(C(C)c1cc(F)cc(F)c1)C1CCCC1CN. The first kappa shape index (κ1) is 15.4. The molecule has 2 nitrogen and oxygen atoms in total. The lowest BCUT2D eigenvalue weighted by atomic mass is 9.98. The van der Waals surface area contributed by atoms with Gasteiger partial charge in [0.15, 0.2) is 0 Å². The highest BCUT2D eigenvalue weighted by Crippen LogP contribution is 2.34. The Morgan fingerprint density at radius 3 is 2.45 bits per heavy atom. The molecule has 2 N–H and O–H groups in total. The fourth-order valence-electron chi connectivity index (χ4n) is 3.53. The van der Waals surface area contributed by atoms with Gasteiger partial charge in [0.05, 0.1) is 0 Å². The molecule has 1 fully saturated rings. The number of halogens is 2. The molecule has 1 saturated carbocycles. The summed E-state index contributed by atoms with van der Waals surface area (Å²) in [4.78, 5) is 2.33. The van der Waals surface area contributed by atoms with Crippen LogP contribution < -0.4 is 5.73 Å². The summed E-state index contributed by atoms with van der Waals surface area (Å²) in [6.07, 6.45) is 3.47. The fourth-order valence-corrected chi connectivity index (χ4v) is 3.53. The lowest BCUT2D eigenvalue weighted by molar-refractivity contribution is 0.123. The summed E-state index contributed by atoms with van der Waals surface area (Å²) >= 11 is 0. The van der Waals surface area contributed by atoms with Crippen LogP contribution in [0.3, 0.4) is 0 Å². The van der Waals surface area contributed by atoms with Gasteiger partial charge in [-0.25, -0.2) is 8.78 Å². The van der Waals surface area contributed by atoms with Crippen LogP contribution in [0.25, 0.3) is 0 Å². The third-order valence-electron chi connectivity index (χ3n) is 4.58. The molecule has 0 bridgehead atoms. The second kappa shape index (κ2) is 6.64. The zero-order valence-electron chi connectivity index (χ0n) is 12.3. The lowest BCUT2D eigenvalue weighted by Gasteiger charge is -2.37. The standard InChI is InChI=1S/C16H24F2N2/c1-3-20(16-6-4-5-12(16)10-19)11(2)13-7-14(17)9-15(18)8-13/h7-9,11-12,16H,3-6,10,19H2,1-2H3. The van der Waals surface area contributed by atoms with Crippen molar-refractivity contribution in [3.63, 3.8) is 0 Å². The number of hydrogen-bond acceptors (Lipinski definition) is 2. The third kappa shape index (κ3) is 3.18. The number of hydrogen-bond donors (Lipinski definition) is 1. The monoisotopic (exact) mass is 282 g/mol. The largest absolute Gasteiger partial charge is 0.330 e. The Morgan fingerprint density at radius 2 is 1.90 bits per heavy atom. The predicted octanol–water partition coefficient (Wildman–Crippen LogP) is 3.48. The molecule has 1 aliphatic rings. The molecule has 0 amide bonds. The third-order valence-corrected chi connectivity index (χ3v) is 4.58. The molecule has 0 heterocycles. The Kier molecular flexibility index (Phi) is 5.11. The minimum absolute atomic E-state index is 0.00218. The van der Waals surface area contributed by atoms with Gasteiger partial charge in [-0.3, -0.25) is 4.90 Å². The van der Waals surface area contributed by atoms with Crippen molar-refractivity contribution in [3.05, 3.63) is 35.4 Å². The van der Waals surface area contributed by atoms with Gasteiger partial charge in [0, 0.05) is 18.2 Å². The number of nitrogens with zero attached hydrogens (tertiary/aromatic N) is 1. The first-order valence-electron chi connectivity index (χ1n) is 7.48.